The lowest BCUT2D eigenvalue weighted by atomic mass is 9.77. The van der Waals surface area contributed by atoms with Gasteiger partial charge in [0.05, 0.1) is 22.0 Å². The van der Waals surface area contributed by atoms with Crippen LogP contribution >= 0.6 is 31.9 Å². The second kappa shape index (κ2) is 8.53. The number of rotatable bonds is 5. The average molecular weight is 513 g/mol. The fraction of sp³-hybridized carbons (Fsp3) is 0.300. The summed E-state index contributed by atoms with van der Waals surface area (Å²) in [5.74, 6) is -0.289. The molecular formula is C20H19Br2NO5. The number of halogens is 2. The minimum absolute atomic E-state index is 0.0375. The maximum Gasteiger partial charge on any atom is 0.340 e. The number of hydrogen-bond acceptors (Lipinski definition) is 6. The Kier molecular flexibility index (Phi) is 6.30. The van der Waals surface area contributed by atoms with Gasteiger partial charge in [-0.2, -0.15) is 0 Å². The Morgan fingerprint density at radius 2 is 2.04 bits per heavy atom. The summed E-state index contributed by atoms with van der Waals surface area (Å²) in [5.41, 5.74) is 7.33. The summed E-state index contributed by atoms with van der Waals surface area (Å²) in [5, 5.41) is 0. The normalized spacial score (nSPS) is 19.1. The van der Waals surface area contributed by atoms with Crippen LogP contribution in [0.5, 0.6) is 5.75 Å². The first-order valence-electron chi connectivity index (χ1n) is 8.63. The zero-order valence-corrected chi connectivity index (χ0v) is 18.4. The predicted octanol–water partition coefficient (Wildman–Crippen LogP) is 4.24. The molecule has 1 heterocycles. The van der Waals surface area contributed by atoms with E-state index in [0.717, 1.165) is 0 Å². The Bertz CT molecular complexity index is 896. The molecule has 1 atom stereocenters. The zero-order valence-electron chi connectivity index (χ0n) is 15.2. The molecule has 1 aromatic carbocycles. The van der Waals surface area contributed by atoms with Crippen LogP contribution in [0.3, 0.4) is 0 Å². The first-order valence-corrected chi connectivity index (χ1v) is 10.2. The molecule has 1 aliphatic heterocycles. The first-order chi connectivity index (χ1) is 13.4. The number of ether oxygens (including phenoxy) is 3. The Balaban J connectivity index is 2.17. The molecular weight excluding hydrogens is 494 g/mol. The monoisotopic (exact) mass is 511 g/mol. The van der Waals surface area contributed by atoms with Crippen LogP contribution in [0.15, 0.2) is 56.5 Å². The zero-order chi connectivity index (χ0) is 20.4. The predicted molar refractivity (Wildman–Crippen MR) is 110 cm³/mol. The summed E-state index contributed by atoms with van der Waals surface area (Å²) in [6.07, 6.45) is 3.32. The lowest BCUT2D eigenvalue weighted by molar-refractivity contribution is -0.136. The van der Waals surface area contributed by atoms with Gasteiger partial charge in [0, 0.05) is 18.4 Å². The maximum atomic E-state index is 12.7. The molecule has 1 aliphatic carbocycles. The van der Waals surface area contributed by atoms with Crippen LogP contribution in [0.1, 0.15) is 30.7 Å². The third kappa shape index (κ3) is 3.75. The Morgan fingerprint density at radius 1 is 1.36 bits per heavy atom. The fourth-order valence-corrected chi connectivity index (χ4v) is 4.88. The van der Waals surface area contributed by atoms with Gasteiger partial charge in [0.1, 0.15) is 23.7 Å². The molecule has 3 rings (SSSR count). The highest BCUT2D eigenvalue weighted by Gasteiger charge is 2.41. The summed E-state index contributed by atoms with van der Waals surface area (Å²) in [7, 11) is 1.27. The van der Waals surface area contributed by atoms with Crippen LogP contribution in [-0.2, 0) is 19.1 Å². The van der Waals surface area contributed by atoms with Gasteiger partial charge in [-0.1, -0.05) is 12.7 Å². The summed E-state index contributed by atoms with van der Waals surface area (Å²) >= 11 is 7.00. The van der Waals surface area contributed by atoms with Crippen molar-refractivity contribution >= 4 is 43.6 Å². The molecule has 2 N–H and O–H groups in total. The lowest BCUT2D eigenvalue weighted by Crippen LogP contribution is -2.31. The topological polar surface area (TPSA) is 87.8 Å². The van der Waals surface area contributed by atoms with Gasteiger partial charge in [-0.15, -0.1) is 0 Å². The minimum atomic E-state index is -0.676. The van der Waals surface area contributed by atoms with Crippen LogP contribution in [0.25, 0.3) is 0 Å². The molecule has 1 aromatic rings. The van der Waals surface area contributed by atoms with Crippen LogP contribution < -0.4 is 10.5 Å². The third-order valence-corrected chi connectivity index (χ3v) is 5.77. The molecule has 6 nitrogen and oxygen atoms in total. The number of Topliss-reactive ketones (excluding diaryl/α,β-unsaturated/α-hetero) is 1. The largest absolute Gasteiger partial charge is 0.487 e. The number of methoxy groups -OCH3 is 1. The van der Waals surface area contributed by atoms with Gasteiger partial charge in [0.2, 0.25) is 5.88 Å². The Morgan fingerprint density at radius 3 is 2.64 bits per heavy atom. The molecule has 0 amide bonds. The highest BCUT2D eigenvalue weighted by Crippen LogP contribution is 2.46. The number of hydrogen-bond donors (Lipinski definition) is 1. The van der Waals surface area contributed by atoms with Crippen molar-refractivity contribution in [3.05, 3.63) is 62.1 Å². The average Bonchev–Trinajstić information content (AvgIpc) is 2.65. The molecule has 0 spiro atoms. The van der Waals surface area contributed by atoms with Crippen molar-refractivity contribution in [1.82, 2.24) is 0 Å². The van der Waals surface area contributed by atoms with Crippen molar-refractivity contribution in [2.75, 3.05) is 13.7 Å². The summed E-state index contributed by atoms with van der Waals surface area (Å²) < 4.78 is 17.5. The quantitative estimate of drug-likeness (QED) is 0.469. The van der Waals surface area contributed by atoms with Crippen LogP contribution in [0.4, 0.5) is 0 Å². The molecule has 0 bridgehead atoms. The van der Waals surface area contributed by atoms with Gasteiger partial charge in [-0.3, -0.25) is 4.79 Å². The standard InChI is InChI=1S/C20H19Br2NO5/c1-3-7-27-18-11(21)8-10(9-12(18)22)15-16-13(24)5-4-6-14(16)28-19(23)17(15)20(25)26-2/h3,8-9,15H,1,4-7,23H2,2H3/t15-/m1/s1. The maximum absolute atomic E-state index is 12.7. The van der Waals surface area contributed by atoms with Gasteiger partial charge in [-0.05, 0) is 56.0 Å². The Hall–Kier alpha value is -2.06. The van der Waals surface area contributed by atoms with Gasteiger partial charge in [-0.25, -0.2) is 4.79 Å². The van der Waals surface area contributed by atoms with E-state index in [2.05, 4.69) is 38.4 Å². The highest BCUT2D eigenvalue weighted by atomic mass is 79.9. The Labute approximate surface area is 179 Å². The van der Waals surface area contributed by atoms with E-state index in [4.69, 9.17) is 19.9 Å². The molecule has 0 unspecified atom stereocenters. The lowest BCUT2D eigenvalue weighted by Gasteiger charge is -2.32. The van der Waals surface area contributed by atoms with Crippen molar-refractivity contribution in [3.63, 3.8) is 0 Å². The number of ketones is 1. The van der Waals surface area contributed by atoms with Crippen molar-refractivity contribution in [2.45, 2.75) is 25.2 Å². The SMILES string of the molecule is C=CCOc1c(Br)cc([C@H]2C(C(=O)OC)=C(N)OC3=C2C(=O)CCC3)cc1Br. The van der Waals surface area contributed by atoms with Gasteiger partial charge < -0.3 is 19.9 Å². The van der Waals surface area contributed by atoms with Crippen molar-refractivity contribution in [2.24, 2.45) is 5.73 Å². The second-order valence-corrected chi connectivity index (χ2v) is 8.04. The molecule has 2 aliphatic rings. The number of carbonyl (C=O) groups excluding carboxylic acids is 2. The molecule has 0 radical (unpaired) electrons. The molecule has 0 saturated heterocycles. The van der Waals surface area contributed by atoms with E-state index in [9.17, 15) is 9.59 Å². The van der Waals surface area contributed by atoms with E-state index in [1.807, 2.05) is 12.1 Å². The number of allylic oxidation sites excluding steroid dienone is 2. The number of benzene rings is 1. The van der Waals surface area contributed by atoms with Crippen LogP contribution in [-0.4, -0.2) is 25.5 Å². The van der Waals surface area contributed by atoms with E-state index in [0.29, 0.717) is 57.5 Å². The van der Waals surface area contributed by atoms with Crippen molar-refractivity contribution in [3.8, 4) is 5.75 Å². The number of carbonyl (C=O) groups is 2. The second-order valence-electron chi connectivity index (χ2n) is 6.33. The highest BCUT2D eigenvalue weighted by molar-refractivity contribution is 9.11. The number of nitrogens with two attached hydrogens (primary N) is 1. The smallest absolute Gasteiger partial charge is 0.340 e. The minimum Gasteiger partial charge on any atom is -0.487 e. The molecule has 28 heavy (non-hydrogen) atoms. The summed E-state index contributed by atoms with van der Waals surface area (Å²) in [6.45, 7) is 3.98. The van der Waals surface area contributed by atoms with Crippen LogP contribution in [0.2, 0.25) is 0 Å². The summed E-state index contributed by atoms with van der Waals surface area (Å²) in [6, 6.07) is 3.61. The molecule has 148 valence electrons. The van der Waals surface area contributed by atoms with E-state index in [-0.39, 0.29) is 17.2 Å². The fourth-order valence-electron chi connectivity index (χ4n) is 3.42. The van der Waals surface area contributed by atoms with E-state index < -0.39 is 11.9 Å². The van der Waals surface area contributed by atoms with Crippen molar-refractivity contribution in [1.29, 1.82) is 0 Å². The molecule has 0 fully saturated rings. The molecule has 0 aromatic heterocycles. The number of esters is 1. The van der Waals surface area contributed by atoms with Crippen LogP contribution in [0, 0.1) is 0 Å². The van der Waals surface area contributed by atoms with E-state index in [1.165, 1.54) is 7.11 Å². The van der Waals surface area contributed by atoms with Gasteiger partial charge in [0.15, 0.2) is 5.78 Å². The van der Waals surface area contributed by atoms with Crippen molar-refractivity contribution < 1.29 is 23.8 Å². The van der Waals surface area contributed by atoms with Gasteiger partial charge in [0.25, 0.3) is 0 Å². The van der Waals surface area contributed by atoms with Gasteiger partial charge >= 0.3 is 5.97 Å². The molecule has 0 saturated carbocycles. The third-order valence-electron chi connectivity index (χ3n) is 4.59. The van der Waals surface area contributed by atoms with E-state index >= 15 is 0 Å². The molecule has 8 heteroatoms. The first kappa shape index (κ1) is 20.7. The summed E-state index contributed by atoms with van der Waals surface area (Å²) in [4.78, 5) is 25.2. The van der Waals surface area contributed by atoms with E-state index in [1.54, 1.807) is 6.08 Å².